The fraction of sp³-hybridized carbons (Fsp3) is 1.00. The number of hydrogen-bond donors (Lipinski definition) is 1. The fourth-order valence-electron chi connectivity index (χ4n) is 4.99. The lowest BCUT2D eigenvalue weighted by Gasteiger charge is -2.40. The molecule has 0 aromatic carbocycles. The van der Waals surface area contributed by atoms with Gasteiger partial charge in [0.05, 0.1) is 0 Å². The van der Waals surface area contributed by atoms with Crippen LogP contribution in [0, 0.1) is 16.7 Å². The van der Waals surface area contributed by atoms with Crippen LogP contribution in [-0.2, 0) is 0 Å². The van der Waals surface area contributed by atoms with Gasteiger partial charge in [0.2, 0.25) is 0 Å². The standard InChI is InChI=1S/C18H34N2/c1-16(2)15(17(16,3)4)13-20-12-8-11-19-18(14-20)9-6-5-7-10-18/h15,19H,5-14H2,1-4H3. The summed E-state index contributed by atoms with van der Waals surface area (Å²) in [5.41, 5.74) is 1.52. The minimum absolute atomic E-state index is 0.456. The normalized spacial score (nSPS) is 33.0. The van der Waals surface area contributed by atoms with Crippen molar-refractivity contribution in [3.63, 3.8) is 0 Å². The minimum Gasteiger partial charge on any atom is -0.310 e. The van der Waals surface area contributed by atoms with E-state index >= 15 is 0 Å². The van der Waals surface area contributed by atoms with E-state index in [4.69, 9.17) is 0 Å². The van der Waals surface area contributed by atoms with Crippen molar-refractivity contribution in [3.8, 4) is 0 Å². The number of nitrogens with one attached hydrogen (secondary N) is 1. The van der Waals surface area contributed by atoms with Gasteiger partial charge in [-0.3, -0.25) is 0 Å². The monoisotopic (exact) mass is 278 g/mol. The van der Waals surface area contributed by atoms with E-state index in [2.05, 4.69) is 37.9 Å². The maximum Gasteiger partial charge on any atom is 0.0308 e. The van der Waals surface area contributed by atoms with Gasteiger partial charge in [-0.1, -0.05) is 47.0 Å². The molecule has 2 saturated carbocycles. The molecular weight excluding hydrogens is 244 g/mol. The van der Waals surface area contributed by atoms with Gasteiger partial charge < -0.3 is 10.2 Å². The molecule has 3 aliphatic rings. The highest BCUT2D eigenvalue weighted by molar-refractivity contribution is 5.13. The number of rotatable bonds is 2. The van der Waals surface area contributed by atoms with Crippen molar-refractivity contribution in [2.75, 3.05) is 26.2 Å². The first-order chi connectivity index (χ1) is 9.37. The highest BCUT2D eigenvalue weighted by Crippen LogP contribution is 2.68. The summed E-state index contributed by atoms with van der Waals surface area (Å²) in [6.45, 7) is 15.0. The molecule has 2 aliphatic carbocycles. The summed E-state index contributed by atoms with van der Waals surface area (Å²) in [7, 11) is 0. The Balaban J connectivity index is 1.64. The summed E-state index contributed by atoms with van der Waals surface area (Å²) in [6, 6.07) is 0. The van der Waals surface area contributed by atoms with Crippen molar-refractivity contribution in [2.45, 2.75) is 71.8 Å². The average Bonchev–Trinajstić information content (AvgIpc) is 2.88. The molecule has 0 unspecified atom stereocenters. The second kappa shape index (κ2) is 4.98. The molecule has 1 saturated heterocycles. The van der Waals surface area contributed by atoms with E-state index in [1.165, 1.54) is 64.7 Å². The van der Waals surface area contributed by atoms with E-state index in [1.807, 2.05) is 0 Å². The van der Waals surface area contributed by atoms with E-state index in [0.29, 0.717) is 16.4 Å². The van der Waals surface area contributed by atoms with Crippen LogP contribution in [-0.4, -0.2) is 36.6 Å². The summed E-state index contributed by atoms with van der Waals surface area (Å²) < 4.78 is 0. The van der Waals surface area contributed by atoms with Crippen molar-refractivity contribution in [2.24, 2.45) is 16.7 Å². The molecule has 0 aromatic rings. The van der Waals surface area contributed by atoms with Crippen molar-refractivity contribution in [1.82, 2.24) is 10.2 Å². The molecule has 0 aromatic heterocycles. The molecule has 2 nitrogen and oxygen atoms in total. The topological polar surface area (TPSA) is 15.3 Å². The van der Waals surface area contributed by atoms with E-state index < -0.39 is 0 Å². The van der Waals surface area contributed by atoms with Crippen LogP contribution in [0.4, 0.5) is 0 Å². The molecule has 3 fully saturated rings. The maximum absolute atomic E-state index is 3.92. The van der Waals surface area contributed by atoms with E-state index in [1.54, 1.807) is 0 Å². The predicted molar refractivity (Wildman–Crippen MR) is 85.9 cm³/mol. The lowest BCUT2D eigenvalue weighted by Crippen LogP contribution is -2.53. The molecule has 20 heavy (non-hydrogen) atoms. The third kappa shape index (κ3) is 2.43. The van der Waals surface area contributed by atoms with Crippen LogP contribution in [0.3, 0.4) is 0 Å². The van der Waals surface area contributed by atoms with Gasteiger partial charge in [0.25, 0.3) is 0 Å². The van der Waals surface area contributed by atoms with Crippen LogP contribution in [0.1, 0.15) is 66.2 Å². The van der Waals surface area contributed by atoms with Crippen LogP contribution in [0.25, 0.3) is 0 Å². The van der Waals surface area contributed by atoms with Crippen molar-refractivity contribution in [1.29, 1.82) is 0 Å². The summed E-state index contributed by atoms with van der Waals surface area (Å²) in [6.07, 6.45) is 8.45. The average molecular weight is 278 g/mol. The predicted octanol–water partition coefficient (Wildman–Crippen LogP) is 3.67. The molecule has 0 atom stereocenters. The zero-order valence-corrected chi connectivity index (χ0v) is 14.1. The molecule has 2 heteroatoms. The van der Waals surface area contributed by atoms with Crippen LogP contribution in [0.5, 0.6) is 0 Å². The Labute approximate surface area is 125 Å². The van der Waals surface area contributed by atoms with Crippen molar-refractivity contribution in [3.05, 3.63) is 0 Å². The summed E-state index contributed by atoms with van der Waals surface area (Å²) in [4.78, 5) is 2.80. The fourth-order valence-corrected chi connectivity index (χ4v) is 4.99. The number of nitrogens with zero attached hydrogens (tertiary/aromatic N) is 1. The third-order valence-electron chi connectivity index (χ3n) is 7.25. The molecule has 0 radical (unpaired) electrons. The lowest BCUT2D eigenvalue weighted by atomic mass is 9.81. The van der Waals surface area contributed by atoms with E-state index in [-0.39, 0.29) is 0 Å². The Kier molecular flexibility index (Phi) is 3.70. The zero-order valence-electron chi connectivity index (χ0n) is 14.1. The highest BCUT2D eigenvalue weighted by atomic mass is 15.2. The van der Waals surface area contributed by atoms with Crippen LogP contribution in [0.2, 0.25) is 0 Å². The minimum atomic E-state index is 0.456. The van der Waals surface area contributed by atoms with Crippen LogP contribution < -0.4 is 5.32 Å². The molecular formula is C18H34N2. The molecule has 1 aliphatic heterocycles. The van der Waals surface area contributed by atoms with Gasteiger partial charge in [-0.15, -0.1) is 0 Å². The summed E-state index contributed by atoms with van der Waals surface area (Å²) >= 11 is 0. The zero-order chi connectivity index (χ0) is 14.4. The summed E-state index contributed by atoms with van der Waals surface area (Å²) in [5, 5.41) is 3.92. The Bertz CT molecular complexity index is 338. The summed E-state index contributed by atoms with van der Waals surface area (Å²) in [5.74, 6) is 0.883. The van der Waals surface area contributed by atoms with E-state index in [9.17, 15) is 0 Å². The Morgan fingerprint density at radius 3 is 2.20 bits per heavy atom. The lowest BCUT2D eigenvalue weighted by molar-refractivity contribution is 0.154. The van der Waals surface area contributed by atoms with Gasteiger partial charge in [0, 0.05) is 18.6 Å². The van der Waals surface area contributed by atoms with Gasteiger partial charge in [0.15, 0.2) is 0 Å². The quantitative estimate of drug-likeness (QED) is 0.829. The molecule has 3 rings (SSSR count). The second-order valence-electron chi connectivity index (χ2n) is 8.85. The first kappa shape index (κ1) is 14.8. The molecule has 1 spiro atoms. The van der Waals surface area contributed by atoms with E-state index in [0.717, 1.165) is 5.92 Å². The Morgan fingerprint density at radius 2 is 1.60 bits per heavy atom. The Morgan fingerprint density at radius 1 is 0.950 bits per heavy atom. The SMILES string of the molecule is CC1(C)C(CN2CCCNC3(CCCCC3)C2)C1(C)C. The number of hydrogen-bond acceptors (Lipinski definition) is 2. The van der Waals surface area contributed by atoms with Crippen LogP contribution in [0.15, 0.2) is 0 Å². The third-order valence-corrected chi connectivity index (χ3v) is 7.25. The van der Waals surface area contributed by atoms with Crippen molar-refractivity contribution < 1.29 is 0 Å². The van der Waals surface area contributed by atoms with Gasteiger partial charge in [0.1, 0.15) is 0 Å². The molecule has 0 amide bonds. The molecule has 1 N–H and O–H groups in total. The first-order valence-electron chi connectivity index (χ1n) is 8.85. The molecule has 1 heterocycles. The molecule has 0 bridgehead atoms. The van der Waals surface area contributed by atoms with Gasteiger partial charge >= 0.3 is 0 Å². The molecule has 116 valence electrons. The highest BCUT2D eigenvalue weighted by Gasteiger charge is 2.64. The smallest absolute Gasteiger partial charge is 0.0308 e. The van der Waals surface area contributed by atoms with Crippen molar-refractivity contribution >= 4 is 0 Å². The van der Waals surface area contributed by atoms with Gasteiger partial charge in [-0.25, -0.2) is 0 Å². The van der Waals surface area contributed by atoms with Crippen LogP contribution >= 0.6 is 0 Å². The first-order valence-corrected chi connectivity index (χ1v) is 8.85. The van der Waals surface area contributed by atoms with Gasteiger partial charge in [-0.05, 0) is 49.1 Å². The second-order valence-corrected chi connectivity index (χ2v) is 8.85. The largest absolute Gasteiger partial charge is 0.310 e. The maximum atomic E-state index is 3.92. The Hall–Kier alpha value is -0.0800. The van der Waals surface area contributed by atoms with Gasteiger partial charge in [-0.2, -0.15) is 0 Å².